The van der Waals surface area contributed by atoms with Crippen LogP contribution in [0.25, 0.3) is 126 Å². The molecule has 16 rings (SSSR count). The van der Waals surface area contributed by atoms with Crippen molar-refractivity contribution in [3.63, 3.8) is 0 Å². The van der Waals surface area contributed by atoms with Gasteiger partial charge in [-0.3, -0.25) is 0 Å². The second-order valence-electron chi connectivity index (χ2n) is 22.1. The average Bonchev–Trinajstić information content (AvgIpc) is 3.97. The standard InChI is InChI=1S/C64H46BN3/c1-63(2,3)37-25-27-51-46(31-37)47-32-38(64(4,5)6)26-28-52(47)66(51)39-33-54-60-55(34-39)68-53-24-14-22-44-42-19-10-9-18-41(42)43-21-13-16-36-30-49(62(68)59(56(36)43)58(44)53)65(60)48-29-35-15-7-8-17-40(35)57-45-20-11-12-23-50(45)67(54)61(48)57/h7-34H,1-6H3. The first kappa shape index (κ1) is 37.3. The third-order valence-electron chi connectivity index (χ3n) is 16.4. The molecule has 10 aromatic carbocycles. The monoisotopic (exact) mass is 867 g/mol. The van der Waals surface area contributed by atoms with Gasteiger partial charge in [0.2, 0.25) is 0 Å². The lowest BCUT2D eigenvalue weighted by Crippen LogP contribution is -2.59. The quantitative estimate of drug-likeness (QED) is 0.146. The average molecular weight is 868 g/mol. The fourth-order valence-electron chi connectivity index (χ4n) is 13.4. The molecule has 0 unspecified atom stereocenters. The van der Waals surface area contributed by atoms with Crippen LogP contribution in [0.5, 0.6) is 0 Å². The third kappa shape index (κ3) is 4.43. The van der Waals surface area contributed by atoms with E-state index < -0.39 is 0 Å². The van der Waals surface area contributed by atoms with Crippen molar-refractivity contribution < 1.29 is 0 Å². The Hall–Kier alpha value is -7.82. The summed E-state index contributed by atoms with van der Waals surface area (Å²) in [6, 6.07) is 66.0. The zero-order chi connectivity index (χ0) is 45.3. The highest BCUT2D eigenvalue weighted by molar-refractivity contribution is 7.00. The molecule has 68 heavy (non-hydrogen) atoms. The van der Waals surface area contributed by atoms with Crippen LogP contribution < -0.4 is 16.4 Å². The molecule has 4 heteroatoms. The molecule has 0 spiro atoms. The van der Waals surface area contributed by atoms with Crippen molar-refractivity contribution in [1.82, 2.24) is 13.7 Å². The number of benzene rings is 10. The Kier molecular flexibility index (Phi) is 6.69. The van der Waals surface area contributed by atoms with Crippen LogP contribution in [0.3, 0.4) is 0 Å². The van der Waals surface area contributed by atoms with Gasteiger partial charge in [0.05, 0.1) is 38.8 Å². The van der Waals surface area contributed by atoms with E-state index in [4.69, 9.17) is 0 Å². The van der Waals surface area contributed by atoms with Gasteiger partial charge in [-0.2, -0.15) is 0 Å². The van der Waals surface area contributed by atoms with Gasteiger partial charge in [-0.1, -0.05) is 163 Å². The molecule has 320 valence electrons. The van der Waals surface area contributed by atoms with Gasteiger partial charge < -0.3 is 13.7 Å². The van der Waals surface area contributed by atoms with Crippen molar-refractivity contribution in [2.45, 2.75) is 52.4 Å². The van der Waals surface area contributed by atoms with Crippen LogP contribution in [-0.2, 0) is 10.8 Å². The van der Waals surface area contributed by atoms with Crippen LogP contribution >= 0.6 is 0 Å². The molecule has 5 heterocycles. The van der Waals surface area contributed by atoms with E-state index >= 15 is 0 Å². The molecule has 0 radical (unpaired) electrons. The highest BCUT2D eigenvalue weighted by Crippen LogP contribution is 2.51. The second-order valence-corrected chi connectivity index (χ2v) is 22.1. The van der Waals surface area contributed by atoms with Crippen LogP contribution in [0.4, 0.5) is 0 Å². The van der Waals surface area contributed by atoms with Crippen LogP contribution in [0.15, 0.2) is 170 Å². The molecular formula is C64H46BN3. The van der Waals surface area contributed by atoms with E-state index in [1.54, 1.807) is 0 Å². The van der Waals surface area contributed by atoms with Gasteiger partial charge in [0.25, 0.3) is 6.71 Å². The molecule has 2 aliphatic heterocycles. The first-order valence-corrected chi connectivity index (χ1v) is 24.4. The lowest BCUT2D eigenvalue weighted by atomic mass is 9.34. The summed E-state index contributed by atoms with van der Waals surface area (Å²) < 4.78 is 7.91. The summed E-state index contributed by atoms with van der Waals surface area (Å²) in [6.07, 6.45) is 0. The van der Waals surface area contributed by atoms with Gasteiger partial charge in [-0.15, -0.1) is 0 Å². The number of hydrogen-bond donors (Lipinski definition) is 0. The van der Waals surface area contributed by atoms with Crippen LogP contribution in [0, 0.1) is 0 Å². The van der Waals surface area contributed by atoms with E-state index in [9.17, 15) is 0 Å². The van der Waals surface area contributed by atoms with Crippen molar-refractivity contribution in [3.05, 3.63) is 181 Å². The van der Waals surface area contributed by atoms with Crippen LogP contribution in [-0.4, -0.2) is 20.4 Å². The van der Waals surface area contributed by atoms with E-state index in [2.05, 4.69) is 225 Å². The van der Waals surface area contributed by atoms with Gasteiger partial charge in [-0.25, -0.2) is 0 Å². The molecule has 0 amide bonds. The van der Waals surface area contributed by atoms with Crippen LogP contribution in [0.2, 0.25) is 0 Å². The van der Waals surface area contributed by atoms with Crippen molar-refractivity contribution in [2.24, 2.45) is 0 Å². The number of hydrogen-bond acceptors (Lipinski definition) is 0. The lowest BCUT2D eigenvalue weighted by Gasteiger charge is -2.35. The Morgan fingerprint density at radius 2 is 0.853 bits per heavy atom. The molecule has 0 bridgehead atoms. The fraction of sp³-hybridized carbons (Fsp3) is 0.125. The maximum absolute atomic E-state index is 2.69. The zero-order valence-electron chi connectivity index (χ0n) is 39.1. The van der Waals surface area contributed by atoms with Gasteiger partial charge in [0.1, 0.15) is 0 Å². The number of rotatable bonds is 1. The molecule has 1 aliphatic carbocycles. The van der Waals surface area contributed by atoms with Gasteiger partial charge >= 0.3 is 0 Å². The highest BCUT2D eigenvalue weighted by atomic mass is 15.1. The lowest BCUT2D eigenvalue weighted by molar-refractivity contribution is 0.590. The topological polar surface area (TPSA) is 14.8 Å². The maximum Gasteiger partial charge on any atom is 0.252 e. The van der Waals surface area contributed by atoms with Gasteiger partial charge in [-0.05, 0) is 131 Å². The molecule has 3 nitrogen and oxygen atoms in total. The molecule has 0 saturated heterocycles. The maximum atomic E-state index is 2.69. The van der Waals surface area contributed by atoms with E-state index in [0.717, 1.165) is 0 Å². The molecule has 13 aromatic rings. The Labute approximate surface area is 394 Å². The third-order valence-corrected chi connectivity index (χ3v) is 16.4. The Morgan fingerprint density at radius 1 is 0.353 bits per heavy atom. The largest absolute Gasteiger partial charge is 0.310 e. The molecule has 3 aliphatic rings. The Balaban J connectivity index is 1.14. The van der Waals surface area contributed by atoms with Gasteiger partial charge in [0, 0.05) is 43.7 Å². The first-order valence-electron chi connectivity index (χ1n) is 24.4. The summed E-state index contributed by atoms with van der Waals surface area (Å²) in [5.74, 6) is 0. The van der Waals surface area contributed by atoms with Crippen molar-refractivity contribution in [2.75, 3.05) is 0 Å². The summed E-state index contributed by atoms with van der Waals surface area (Å²) in [7, 11) is 0. The SMILES string of the molecule is CC(C)(C)c1ccc2c(c1)c1cc(C(C)(C)C)ccc1n2-c1cc2c3c(c1)-n1c4cccc5c4c4c6c(cccc6cc(c41)B3c1cc3ccccc3c3c4ccccc4n-2c13)-c1ccccc1-5. The van der Waals surface area contributed by atoms with E-state index in [-0.39, 0.29) is 17.5 Å². The number of aromatic nitrogens is 3. The summed E-state index contributed by atoms with van der Waals surface area (Å²) in [5.41, 5.74) is 23.4. The van der Waals surface area contributed by atoms with Gasteiger partial charge in [0.15, 0.2) is 0 Å². The normalized spacial score (nSPS) is 13.7. The molecule has 3 aromatic heterocycles. The predicted molar refractivity (Wildman–Crippen MR) is 291 cm³/mol. The predicted octanol–water partition coefficient (Wildman–Crippen LogP) is 14.7. The van der Waals surface area contributed by atoms with E-state index in [0.29, 0.717) is 0 Å². The summed E-state index contributed by atoms with van der Waals surface area (Å²) in [6.45, 7) is 14.0. The Morgan fingerprint density at radius 3 is 1.53 bits per heavy atom. The summed E-state index contributed by atoms with van der Waals surface area (Å²) in [4.78, 5) is 0. The molecule has 0 atom stereocenters. The minimum Gasteiger partial charge on any atom is -0.310 e. The Bertz CT molecular complexity index is 4450. The molecule has 0 fully saturated rings. The molecular weight excluding hydrogens is 822 g/mol. The molecule has 0 saturated carbocycles. The number of para-hydroxylation sites is 1. The second kappa shape index (κ2) is 12.2. The number of nitrogens with zero attached hydrogens (tertiary/aromatic N) is 3. The smallest absolute Gasteiger partial charge is 0.252 e. The number of fused-ring (bicyclic) bond motifs is 16. The van der Waals surface area contributed by atoms with Crippen molar-refractivity contribution in [1.29, 1.82) is 0 Å². The minimum atomic E-state index is -0.00115. The minimum absolute atomic E-state index is 0.00115. The highest BCUT2D eigenvalue weighted by Gasteiger charge is 2.43. The van der Waals surface area contributed by atoms with Crippen LogP contribution in [0.1, 0.15) is 52.7 Å². The van der Waals surface area contributed by atoms with E-state index in [1.165, 1.54) is 154 Å². The van der Waals surface area contributed by atoms with Crippen molar-refractivity contribution >= 4 is 110 Å². The zero-order valence-corrected chi connectivity index (χ0v) is 39.1. The molecule has 0 N–H and O–H groups in total. The fourth-order valence-corrected chi connectivity index (χ4v) is 13.4. The first-order chi connectivity index (χ1) is 33.0. The van der Waals surface area contributed by atoms with Crippen molar-refractivity contribution in [3.8, 4) is 39.3 Å². The van der Waals surface area contributed by atoms with E-state index in [1.807, 2.05) is 0 Å². The summed E-state index contributed by atoms with van der Waals surface area (Å²) in [5, 5.41) is 13.2. The summed E-state index contributed by atoms with van der Waals surface area (Å²) >= 11 is 0.